The first-order chi connectivity index (χ1) is 6.36. The molecule has 3 nitrogen and oxygen atoms in total. The Balaban J connectivity index is 2.72. The molecule has 0 fully saturated rings. The summed E-state index contributed by atoms with van der Waals surface area (Å²) in [5.74, 6) is 0.859. The number of H-pyrrole nitrogens is 1. The van der Waals surface area contributed by atoms with Gasteiger partial charge in [0.15, 0.2) is 0 Å². The molecule has 3 N–H and O–H groups in total. The molecular formula is C10H12N2O. The highest BCUT2D eigenvalue weighted by molar-refractivity contribution is 5.88. The molecular weight excluding hydrogens is 164 g/mol. The molecule has 0 radical (unpaired) electrons. The summed E-state index contributed by atoms with van der Waals surface area (Å²) in [6, 6.07) is 5.93. The van der Waals surface area contributed by atoms with E-state index < -0.39 is 0 Å². The highest BCUT2D eigenvalue weighted by atomic mass is 16.5. The van der Waals surface area contributed by atoms with E-state index in [1.807, 2.05) is 24.4 Å². The number of para-hydroxylation sites is 1. The maximum Gasteiger partial charge on any atom is 0.142 e. The van der Waals surface area contributed by atoms with Crippen molar-refractivity contribution in [1.82, 2.24) is 4.98 Å². The van der Waals surface area contributed by atoms with Crippen molar-refractivity contribution in [3.63, 3.8) is 0 Å². The van der Waals surface area contributed by atoms with Crippen LogP contribution in [0, 0.1) is 0 Å². The number of hydrogen-bond donors (Lipinski definition) is 2. The summed E-state index contributed by atoms with van der Waals surface area (Å²) < 4.78 is 5.21. The molecule has 68 valence electrons. The molecule has 0 bridgehead atoms. The van der Waals surface area contributed by atoms with Gasteiger partial charge >= 0.3 is 0 Å². The van der Waals surface area contributed by atoms with Crippen LogP contribution in [0.4, 0.5) is 0 Å². The van der Waals surface area contributed by atoms with Gasteiger partial charge in [0.2, 0.25) is 0 Å². The number of aromatic amines is 1. The fourth-order valence-corrected chi connectivity index (χ4v) is 1.52. The average Bonchev–Trinajstić information content (AvgIpc) is 2.60. The smallest absolute Gasteiger partial charge is 0.142 e. The van der Waals surface area contributed by atoms with Crippen molar-refractivity contribution in [1.29, 1.82) is 0 Å². The average molecular weight is 176 g/mol. The number of nitrogens with one attached hydrogen (secondary N) is 1. The van der Waals surface area contributed by atoms with Gasteiger partial charge in [0.25, 0.3) is 0 Å². The summed E-state index contributed by atoms with van der Waals surface area (Å²) in [5.41, 5.74) is 7.73. The second-order valence-corrected chi connectivity index (χ2v) is 2.90. The van der Waals surface area contributed by atoms with Crippen LogP contribution in [0.2, 0.25) is 0 Å². The summed E-state index contributed by atoms with van der Waals surface area (Å²) in [5, 5.41) is 1.14. The van der Waals surface area contributed by atoms with Gasteiger partial charge in [-0.15, -0.1) is 0 Å². The number of hydrogen-bond acceptors (Lipinski definition) is 2. The molecule has 1 heterocycles. The van der Waals surface area contributed by atoms with Gasteiger partial charge in [0.05, 0.1) is 12.6 Å². The van der Waals surface area contributed by atoms with E-state index in [-0.39, 0.29) is 0 Å². The molecule has 3 heteroatoms. The largest absolute Gasteiger partial charge is 0.495 e. The lowest BCUT2D eigenvalue weighted by atomic mass is 10.1. The summed E-state index contributed by atoms with van der Waals surface area (Å²) in [6.45, 7) is 0.549. The number of fused-ring (bicyclic) bond motifs is 1. The first-order valence-corrected chi connectivity index (χ1v) is 4.20. The third-order valence-electron chi connectivity index (χ3n) is 2.20. The maximum absolute atomic E-state index is 5.59. The van der Waals surface area contributed by atoms with Crippen LogP contribution in [-0.2, 0) is 6.54 Å². The monoisotopic (exact) mass is 176 g/mol. The number of ether oxygens (including phenoxy) is 1. The molecule has 0 saturated heterocycles. The minimum Gasteiger partial charge on any atom is -0.495 e. The molecule has 0 unspecified atom stereocenters. The summed E-state index contributed by atoms with van der Waals surface area (Å²) in [7, 11) is 1.66. The van der Waals surface area contributed by atoms with Crippen molar-refractivity contribution >= 4 is 10.9 Å². The molecule has 1 aromatic heterocycles. The minimum absolute atomic E-state index is 0.549. The highest BCUT2D eigenvalue weighted by Gasteiger charge is 2.05. The second-order valence-electron chi connectivity index (χ2n) is 2.90. The lowest BCUT2D eigenvalue weighted by Crippen LogP contribution is -1.94. The van der Waals surface area contributed by atoms with Crippen molar-refractivity contribution < 1.29 is 4.74 Å². The van der Waals surface area contributed by atoms with Gasteiger partial charge in [-0.1, -0.05) is 12.1 Å². The molecule has 0 amide bonds. The number of nitrogens with two attached hydrogens (primary N) is 1. The first kappa shape index (κ1) is 8.13. The second kappa shape index (κ2) is 3.11. The van der Waals surface area contributed by atoms with Gasteiger partial charge in [-0.2, -0.15) is 0 Å². The predicted molar refractivity (Wildman–Crippen MR) is 52.7 cm³/mol. The van der Waals surface area contributed by atoms with Crippen molar-refractivity contribution in [3.8, 4) is 5.75 Å². The molecule has 13 heavy (non-hydrogen) atoms. The number of rotatable bonds is 2. The van der Waals surface area contributed by atoms with E-state index >= 15 is 0 Å². The molecule has 0 aliphatic carbocycles. The van der Waals surface area contributed by atoms with Crippen LogP contribution < -0.4 is 10.5 Å². The lowest BCUT2D eigenvalue weighted by molar-refractivity contribution is 0.419. The fourth-order valence-electron chi connectivity index (χ4n) is 1.52. The van der Waals surface area contributed by atoms with Gasteiger partial charge in [-0.25, -0.2) is 0 Å². The van der Waals surface area contributed by atoms with Gasteiger partial charge in [-0.05, 0) is 11.6 Å². The van der Waals surface area contributed by atoms with E-state index in [0.29, 0.717) is 6.54 Å². The third kappa shape index (κ3) is 1.17. The zero-order valence-corrected chi connectivity index (χ0v) is 7.50. The standard InChI is InChI=1S/C10H12N2O/c1-13-9-4-2-3-8-7(5-11)6-12-10(8)9/h2-4,6,12H,5,11H2,1H3. The van der Waals surface area contributed by atoms with Crippen molar-refractivity contribution in [2.45, 2.75) is 6.54 Å². The van der Waals surface area contributed by atoms with Crippen molar-refractivity contribution in [2.24, 2.45) is 5.73 Å². The Hall–Kier alpha value is -1.48. The van der Waals surface area contributed by atoms with E-state index in [1.165, 1.54) is 0 Å². The number of benzene rings is 1. The van der Waals surface area contributed by atoms with Crippen LogP contribution in [0.5, 0.6) is 5.75 Å². The maximum atomic E-state index is 5.59. The van der Waals surface area contributed by atoms with Gasteiger partial charge in [-0.3, -0.25) is 0 Å². The quantitative estimate of drug-likeness (QED) is 0.730. The third-order valence-corrected chi connectivity index (χ3v) is 2.20. The van der Waals surface area contributed by atoms with E-state index in [2.05, 4.69) is 4.98 Å². The van der Waals surface area contributed by atoms with Gasteiger partial charge < -0.3 is 15.5 Å². The molecule has 1 aromatic carbocycles. The summed E-state index contributed by atoms with van der Waals surface area (Å²) >= 11 is 0. The Morgan fingerprint density at radius 2 is 2.31 bits per heavy atom. The SMILES string of the molecule is COc1cccc2c(CN)c[nH]c12. The zero-order valence-electron chi connectivity index (χ0n) is 7.50. The van der Waals surface area contributed by atoms with Crippen LogP contribution in [0.15, 0.2) is 24.4 Å². The first-order valence-electron chi connectivity index (χ1n) is 4.20. The Labute approximate surface area is 76.5 Å². The van der Waals surface area contributed by atoms with E-state index in [0.717, 1.165) is 22.2 Å². The van der Waals surface area contributed by atoms with Gasteiger partial charge in [0.1, 0.15) is 5.75 Å². The Bertz CT molecular complexity index is 420. The van der Waals surface area contributed by atoms with Crippen LogP contribution in [0.3, 0.4) is 0 Å². The molecule has 2 aromatic rings. The normalized spacial score (nSPS) is 10.6. The molecule has 0 spiro atoms. The van der Waals surface area contributed by atoms with Crippen molar-refractivity contribution in [3.05, 3.63) is 30.0 Å². The van der Waals surface area contributed by atoms with Crippen LogP contribution in [-0.4, -0.2) is 12.1 Å². The van der Waals surface area contributed by atoms with Crippen LogP contribution in [0.1, 0.15) is 5.56 Å². The molecule has 0 saturated carbocycles. The van der Waals surface area contributed by atoms with E-state index in [1.54, 1.807) is 7.11 Å². The van der Waals surface area contributed by atoms with E-state index in [4.69, 9.17) is 10.5 Å². The Kier molecular flexibility index (Phi) is 1.94. The fraction of sp³-hybridized carbons (Fsp3) is 0.200. The lowest BCUT2D eigenvalue weighted by Gasteiger charge is -2.00. The zero-order chi connectivity index (χ0) is 9.26. The summed E-state index contributed by atoms with van der Waals surface area (Å²) in [6.07, 6.45) is 1.92. The number of methoxy groups -OCH3 is 1. The number of aromatic nitrogens is 1. The van der Waals surface area contributed by atoms with Gasteiger partial charge in [0, 0.05) is 18.1 Å². The Morgan fingerprint density at radius 1 is 1.46 bits per heavy atom. The van der Waals surface area contributed by atoms with Crippen molar-refractivity contribution in [2.75, 3.05) is 7.11 Å². The topological polar surface area (TPSA) is 51.0 Å². The molecule has 0 aliphatic rings. The highest BCUT2D eigenvalue weighted by Crippen LogP contribution is 2.26. The molecule has 0 aliphatic heterocycles. The predicted octanol–water partition coefficient (Wildman–Crippen LogP) is 1.64. The molecule has 0 atom stereocenters. The van der Waals surface area contributed by atoms with E-state index in [9.17, 15) is 0 Å². The summed E-state index contributed by atoms with van der Waals surface area (Å²) in [4.78, 5) is 3.15. The minimum atomic E-state index is 0.549. The van der Waals surface area contributed by atoms with Crippen LogP contribution >= 0.6 is 0 Å². The Morgan fingerprint density at radius 3 is 3.00 bits per heavy atom. The molecule has 2 rings (SSSR count). The van der Waals surface area contributed by atoms with Crippen LogP contribution in [0.25, 0.3) is 10.9 Å².